The molecule has 0 fully saturated rings. The van der Waals surface area contributed by atoms with E-state index < -0.39 is 0 Å². The summed E-state index contributed by atoms with van der Waals surface area (Å²) in [6, 6.07) is 7.75. The van der Waals surface area contributed by atoms with Gasteiger partial charge in [0.15, 0.2) is 0 Å². The van der Waals surface area contributed by atoms with Gasteiger partial charge in [0.1, 0.15) is 11.4 Å². The molecule has 0 bridgehead atoms. The van der Waals surface area contributed by atoms with Gasteiger partial charge in [-0.15, -0.1) is 0 Å². The van der Waals surface area contributed by atoms with Gasteiger partial charge in [0.2, 0.25) is 0 Å². The predicted molar refractivity (Wildman–Crippen MR) is 135 cm³/mol. The number of ether oxygens (including phenoxy) is 2. The molecule has 3 rings (SSSR count). The topological polar surface area (TPSA) is 104 Å². The van der Waals surface area contributed by atoms with Crippen LogP contribution in [0.1, 0.15) is 99.4 Å². The van der Waals surface area contributed by atoms with E-state index in [1.165, 1.54) is 0 Å². The van der Waals surface area contributed by atoms with E-state index in [2.05, 4.69) is 23.8 Å². The first-order valence-electron chi connectivity index (χ1n) is 12.3. The highest BCUT2D eigenvalue weighted by Crippen LogP contribution is 2.39. The molecule has 0 aliphatic heterocycles. The summed E-state index contributed by atoms with van der Waals surface area (Å²) in [5.74, 6) is -1.06. The van der Waals surface area contributed by atoms with E-state index in [1.54, 1.807) is 13.8 Å². The van der Waals surface area contributed by atoms with Crippen LogP contribution in [0.2, 0.25) is 0 Å². The first kappa shape index (κ1) is 26.3. The summed E-state index contributed by atoms with van der Waals surface area (Å²) >= 11 is 0. The standard InChI is InChI=1S/C28H36N2O5/c1-7-20-16(5)23(27(32)34-9-3)29-25(20)22(19-13-11-18(15-31)12-14-19)26-21(8-2)17(6)24(30-26)28(33)35-10-4/h11-14,22,29-31H,7-10,15H2,1-6H3. The van der Waals surface area contributed by atoms with Crippen molar-refractivity contribution in [1.82, 2.24) is 9.97 Å². The maximum atomic E-state index is 12.7. The largest absolute Gasteiger partial charge is 0.461 e. The number of H-pyrrole nitrogens is 2. The molecule has 1 aromatic carbocycles. The fraction of sp³-hybridized carbons (Fsp3) is 0.429. The molecule has 7 nitrogen and oxygen atoms in total. The van der Waals surface area contributed by atoms with Crippen LogP contribution >= 0.6 is 0 Å². The van der Waals surface area contributed by atoms with Gasteiger partial charge in [0.25, 0.3) is 0 Å². The second-order valence-electron chi connectivity index (χ2n) is 8.52. The van der Waals surface area contributed by atoms with Crippen molar-refractivity contribution >= 4 is 11.9 Å². The van der Waals surface area contributed by atoms with E-state index in [4.69, 9.17) is 9.47 Å². The zero-order chi connectivity index (χ0) is 25.7. The van der Waals surface area contributed by atoms with Crippen molar-refractivity contribution in [2.45, 2.75) is 66.9 Å². The predicted octanol–water partition coefficient (Wildman–Crippen LogP) is 5.11. The average Bonchev–Trinajstić information content (AvgIpc) is 3.36. The highest BCUT2D eigenvalue weighted by Gasteiger charge is 2.31. The van der Waals surface area contributed by atoms with E-state index in [0.29, 0.717) is 37.4 Å². The summed E-state index contributed by atoms with van der Waals surface area (Å²) in [7, 11) is 0. The Morgan fingerprint density at radius 2 is 1.23 bits per heavy atom. The zero-order valence-electron chi connectivity index (χ0n) is 21.5. The van der Waals surface area contributed by atoms with Crippen LogP contribution in [0.15, 0.2) is 24.3 Å². The fourth-order valence-electron chi connectivity index (χ4n) is 4.83. The van der Waals surface area contributed by atoms with Gasteiger partial charge in [0.05, 0.1) is 25.7 Å². The van der Waals surface area contributed by atoms with Gasteiger partial charge in [-0.1, -0.05) is 38.1 Å². The van der Waals surface area contributed by atoms with Crippen LogP contribution in [0.25, 0.3) is 0 Å². The molecule has 0 radical (unpaired) electrons. The molecule has 0 saturated carbocycles. The van der Waals surface area contributed by atoms with Crippen molar-refractivity contribution in [3.63, 3.8) is 0 Å². The Balaban J connectivity index is 2.31. The van der Waals surface area contributed by atoms with Gasteiger partial charge in [-0.3, -0.25) is 0 Å². The number of hydrogen-bond donors (Lipinski definition) is 3. The number of carbonyl (C=O) groups is 2. The summed E-state index contributed by atoms with van der Waals surface area (Å²) in [6.07, 6.45) is 1.43. The molecular weight excluding hydrogens is 444 g/mol. The molecule has 0 atom stereocenters. The number of rotatable bonds is 10. The number of hydrogen-bond acceptors (Lipinski definition) is 5. The van der Waals surface area contributed by atoms with E-state index in [-0.39, 0.29) is 24.5 Å². The second-order valence-corrected chi connectivity index (χ2v) is 8.52. The fourth-order valence-corrected chi connectivity index (χ4v) is 4.83. The maximum absolute atomic E-state index is 12.7. The Kier molecular flexibility index (Phi) is 8.57. The number of aliphatic hydroxyl groups excluding tert-OH is 1. The molecule has 2 heterocycles. The molecule has 35 heavy (non-hydrogen) atoms. The number of benzene rings is 1. The van der Waals surface area contributed by atoms with Crippen molar-refractivity contribution in [1.29, 1.82) is 0 Å². The molecule has 3 N–H and O–H groups in total. The molecule has 0 aliphatic rings. The van der Waals surface area contributed by atoms with Crippen molar-refractivity contribution in [2.24, 2.45) is 0 Å². The van der Waals surface area contributed by atoms with E-state index in [1.807, 2.05) is 38.1 Å². The average molecular weight is 481 g/mol. The van der Waals surface area contributed by atoms with Gasteiger partial charge in [-0.25, -0.2) is 9.59 Å². The van der Waals surface area contributed by atoms with Crippen LogP contribution in [-0.4, -0.2) is 40.2 Å². The Morgan fingerprint density at radius 3 is 1.57 bits per heavy atom. The zero-order valence-corrected chi connectivity index (χ0v) is 21.5. The van der Waals surface area contributed by atoms with Crippen LogP contribution in [0.5, 0.6) is 0 Å². The quantitative estimate of drug-likeness (QED) is 0.350. The summed E-state index contributed by atoms with van der Waals surface area (Å²) in [5, 5.41) is 9.55. The highest BCUT2D eigenvalue weighted by atomic mass is 16.5. The number of esters is 2. The minimum absolute atomic E-state index is 0.0470. The van der Waals surface area contributed by atoms with Crippen molar-refractivity contribution in [3.05, 3.63) is 80.4 Å². The Hall–Kier alpha value is -3.32. The molecule has 0 saturated heterocycles. The molecule has 3 aromatic rings. The first-order valence-corrected chi connectivity index (χ1v) is 12.3. The van der Waals surface area contributed by atoms with E-state index in [9.17, 15) is 14.7 Å². The number of aliphatic hydroxyl groups is 1. The number of aromatic nitrogens is 2. The number of nitrogens with one attached hydrogen (secondary N) is 2. The highest BCUT2D eigenvalue weighted by molar-refractivity contribution is 5.91. The third-order valence-corrected chi connectivity index (χ3v) is 6.56. The summed E-state index contributed by atoms with van der Waals surface area (Å²) in [6.45, 7) is 12.1. The van der Waals surface area contributed by atoms with Gasteiger partial charge >= 0.3 is 11.9 Å². The van der Waals surface area contributed by atoms with E-state index in [0.717, 1.165) is 44.8 Å². The Labute approximate surface area is 206 Å². The first-order chi connectivity index (χ1) is 16.8. The Morgan fingerprint density at radius 1 is 0.800 bits per heavy atom. The van der Waals surface area contributed by atoms with Crippen LogP contribution < -0.4 is 0 Å². The molecule has 0 aliphatic carbocycles. The van der Waals surface area contributed by atoms with Gasteiger partial charge in [-0.05, 0) is 73.9 Å². The minimum Gasteiger partial charge on any atom is -0.461 e. The van der Waals surface area contributed by atoms with Gasteiger partial charge < -0.3 is 24.5 Å². The summed E-state index contributed by atoms with van der Waals surface area (Å²) in [5.41, 5.74) is 8.25. The molecule has 0 amide bonds. The smallest absolute Gasteiger partial charge is 0.355 e. The lowest BCUT2D eigenvalue weighted by Crippen LogP contribution is -2.11. The lowest BCUT2D eigenvalue weighted by atomic mass is 9.86. The van der Waals surface area contributed by atoms with Crippen molar-refractivity contribution < 1.29 is 24.2 Å². The second kappa shape index (κ2) is 11.4. The van der Waals surface area contributed by atoms with Gasteiger partial charge in [-0.2, -0.15) is 0 Å². The Bertz CT molecular complexity index is 1120. The molecule has 0 unspecified atom stereocenters. The lowest BCUT2D eigenvalue weighted by molar-refractivity contribution is 0.0510. The van der Waals surface area contributed by atoms with Crippen LogP contribution in [0.3, 0.4) is 0 Å². The summed E-state index contributed by atoms with van der Waals surface area (Å²) < 4.78 is 10.6. The van der Waals surface area contributed by atoms with Crippen LogP contribution in [0, 0.1) is 13.8 Å². The monoisotopic (exact) mass is 480 g/mol. The SMILES string of the molecule is CCOC(=O)c1[nH]c(C(c2ccc(CO)cc2)c2[nH]c(C(=O)OCC)c(C)c2CC)c(CC)c1C. The van der Waals surface area contributed by atoms with Crippen molar-refractivity contribution in [2.75, 3.05) is 13.2 Å². The van der Waals surface area contributed by atoms with Crippen LogP contribution in [-0.2, 0) is 28.9 Å². The maximum Gasteiger partial charge on any atom is 0.355 e. The number of carbonyl (C=O) groups excluding carboxylic acids is 2. The van der Waals surface area contributed by atoms with Gasteiger partial charge in [0, 0.05) is 11.4 Å². The van der Waals surface area contributed by atoms with E-state index >= 15 is 0 Å². The minimum atomic E-state index is -0.383. The van der Waals surface area contributed by atoms with Crippen molar-refractivity contribution in [3.8, 4) is 0 Å². The lowest BCUT2D eigenvalue weighted by Gasteiger charge is -2.20. The molecule has 7 heteroatoms. The summed E-state index contributed by atoms with van der Waals surface area (Å²) in [4.78, 5) is 32.2. The molecule has 0 spiro atoms. The third-order valence-electron chi connectivity index (χ3n) is 6.56. The normalized spacial score (nSPS) is 11.2. The number of aromatic amines is 2. The molecular formula is C28H36N2O5. The third kappa shape index (κ3) is 5.05. The molecule has 2 aromatic heterocycles. The molecule has 188 valence electrons. The van der Waals surface area contributed by atoms with Crippen LogP contribution in [0.4, 0.5) is 0 Å².